The highest BCUT2D eigenvalue weighted by Gasteiger charge is 2.20. The van der Waals surface area contributed by atoms with Crippen LogP contribution in [0, 0.1) is 6.92 Å². The van der Waals surface area contributed by atoms with Crippen LogP contribution in [0.2, 0.25) is 0 Å². The molecule has 2 N–H and O–H groups in total. The Balaban J connectivity index is 1.99. The van der Waals surface area contributed by atoms with Crippen molar-refractivity contribution in [3.63, 3.8) is 0 Å². The Morgan fingerprint density at radius 2 is 2.04 bits per heavy atom. The SMILES string of the molecule is COCCNC(=O)CN(C(=O)CCC(=O)Nc1nccs1)c1cccc(C)c1. The lowest BCUT2D eigenvalue weighted by Gasteiger charge is -2.23. The summed E-state index contributed by atoms with van der Waals surface area (Å²) in [6.45, 7) is 2.54. The third-order valence-electron chi connectivity index (χ3n) is 3.79. The molecule has 0 radical (unpaired) electrons. The van der Waals surface area contributed by atoms with Gasteiger partial charge < -0.3 is 20.3 Å². The number of aryl methyl sites for hydroxylation is 1. The number of nitrogens with one attached hydrogen (secondary N) is 2. The van der Waals surface area contributed by atoms with Crippen LogP contribution in [-0.4, -0.2) is 49.5 Å². The minimum absolute atomic E-state index is 0.00598. The molecule has 150 valence electrons. The molecule has 1 heterocycles. The van der Waals surface area contributed by atoms with Gasteiger partial charge in [-0.2, -0.15) is 0 Å². The lowest BCUT2D eigenvalue weighted by Crippen LogP contribution is -2.42. The molecule has 8 nitrogen and oxygen atoms in total. The summed E-state index contributed by atoms with van der Waals surface area (Å²) in [5, 5.41) is 7.59. The number of aromatic nitrogens is 1. The van der Waals surface area contributed by atoms with Gasteiger partial charge in [-0.1, -0.05) is 12.1 Å². The number of benzene rings is 1. The standard InChI is InChI=1S/C19H24N4O4S/c1-14-4-3-5-15(12-14)23(13-17(25)20-8-10-27-2)18(26)7-6-16(24)22-19-21-9-11-28-19/h3-5,9,11-12H,6-8,10,13H2,1-2H3,(H,20,25)(H,21,22,24). The smallest absolute Gasteiger partial charge is 0.240 e. The quantitative estimate of drug-likeness (QED) is 0.590. The normalized spacial score (nSPS) is 10.4. The van der Waals surface area contributed by atoms with Crippen LogP contribution in [0.3, 0.4) is 0 Å². The van der Waals surface area contributed by atoms with Crippen molar-refractivity contribution < 1.29 is 19.1 Å². The van der Waals surface area contributed by atoms with E-state index < -0.39 is 0 Å². The highest BCUT2D eigenvalue weighted by molar-refractivity contribution is 7.13. The molecule has 2 aromatic rings. The highest BCUT2D eigenvalue weighted by Crippen LogP contribution is 2.18. The molecule has 28 heavy (non-hydrogen) atoms. The van der Waals surface area contributed by atoms with Crippen molar-refractivity contribution in [2.45, 2.75) is 19.8 Å². The Morgan fingerprint density at radius 3 is 2.71 bits per heavy atom. The first-order valence-corrected chi connectivity index (χ1v) is 9.69. The predicted molar refractivity (Wildman–Crippen MR) is 108 cm³/mol. The van der Waals surface area contributed by atoms with Gasteiger partial charge in [-0.25, -0.2) is 4.98 Å². The number of thiazole rings is 1. The minimum atomic E-state index is -0.304. The van der Waals surface area contributed by atoms with Gasteiger partial charge in [0.1, 0.15) is 6.54 Å². The zero-order chi connectivity index (χ0) is 20.4. The second-order valence-electron chi connectivity index (χ2n) is 6.05. The topological polar surface area (TPSA) is 101 Å². The van der Waals surface area contributed by atoms with Crippen LogP contribution in [0.4, 0.5) is 10.8 Å². The Hall–Kier alpha value is -2.78. The number of carbonyl (C=O) groups excluding carboxylic acids is 3. The molecule has 9 heteroatoms. The molecule has 0 atom stereocenters. The number of ether oxygens (including phenoxy) is 1. The summed E-state index contributed by atoms with van der Waals surface area (Å²) in [6.07, 6.45) is 1.58. The summed E-state index contributed by atoms with van der Waals surface area (Å²) in [6, 6.07) is 7.33. The Bertz CT molecular complexity index is 795. The molecule has 1 aromatic heterocycles. The third-order valence-corrected chi connectivity index (χ3v) is 4.48. The van der Waals surface area contributed by atoms with Gasteiger partial charge >= 0.3 is 0 Å². The van der Waals surface area contributed by atoms with Gasteiger partial charge in [-0.15, -0.1) is 11.3 Å². The number of hydrogen-bond acceptors (Lipinski definition) is 6. The zero-order valence-electron chi connectivity index (χ0n) is 15.9. The van der Waals surface area contributed by atoms with Crippen molar-refractivity contribution in [3.05, 3.63) is 41.4 Å². The number of anilines is 2. The van der Waals surface area contributed by atoms with E-state index in [4.69, 9.17) is 4.74 Å². The Kier molecular flexibility index (Phi) is 8.57. The van der Waals surface area contributed by atoms with Crippen molar-refractivity contribution in [1.29, 1.82) is 0 Å². The number of rotatable bonds is 10. The summed E-state index contributed by atoms with van der Waals surface area (Å²) in [5.41, 5.74) is 1.59. The molecule has 2 rings (SSSR count). The van der Waals surface area contributed by atoms with Gasteiger partial charge in [0.2, 0.25) is 17.7 Å². The molecule has 0 aliphatic carbocycles. The summed E-state index contributed by atoms with van der Waals surface area (Å²) < 4.78 is 4.91. The molecule has 0 spiro atoms. The number of carbonyl (C=O) groups is 3. The fourth-order valence-corrected chi connectivity index (χ4v) is 2.98. The van der Waals surface area contributed by atoms with Crippen LogP contribution >= 0.6 is 11.3 Å². The maximum absolute atomic E-state index is 12.8. The van der Waals surface area contributed by atoms with Gasteiger partial charge in [0.05, 0.1) is 6.61 Å². The van der Waals surface area contributed by atoms with Crippen LogP contribution < -0.4 is 15.5 Å². The fraction of sp³-hybridized carbons (Fsp3) is 0.368. The number of amides is 3. The maximum Gasteiger partial charge on any atom is 0.240 e. The molecule has 3 amide bonds. The van der Waals surface area contributed by atoms with Crippen LogP contribution in [0.5, 0.6) is 0 Å². The fourth-order valence-electron chi connectivity index (χ4n) is 2.43. The molecule has 0 saturated carbocycles. The Labute approximate surface area is 167 Å². The average Bonchev–Trinajstić information content (AvgIpc) is 3.17. The second-order valence-corrected chi connectivity index (χ2v) is 6.94. The van der Waals surface area contributed by atoms with E-state index in [2.05, 4.69) is 15.6 Å². The monoisotopic (exact) mass is 404 g/mol. The maximum atomic E-state index is 12.8. The summed E-state index contributed by atoms with van der Waals surface area (Å²) in [4.78, 5) is 42.3. The van der Waals surface area contributed by atoms with Crippen LogP contribution in [-0.2, 0) is 19.1 Å². The lowest BCUT2D eigenvalue weighted by molar-refractivity contribution is -0.125. The van der Waals surface area contributed by atoms with Crippen molar-refractivity contribution >= 4 is 39.9 Å². The van der Waals surface area contributed by atoms with E-state index in [9.17, 15) is 14.4 Å². The van der Waals surface area contributed by atoms with E-state index in [0.29, 0.717) is 24.0 Å². The van der Waals surface area contributed by atoms with Crippen molar-refractivity contribution in [2.24, 2.45) is 0 Å². The molecular weight excluding hydrogens is 380 g/mol. The zero-order valence-corrected chi connectivity index (χ0v) is 16.8. The van der Waals surface area contributed by atoms with Gasteiger partial charge in [0, 0.05) is 43.8 Å². The third kappa shape index (κ3) is 7.09. The summed E-state index contributed by atoms with van der Waals surface area (Å²) in [7, 11) is 1.55. The van der Waals surface area contributed by atoms with Crippen LogP contribution in [0.1, 0.15) is 18.4 Å². The van der Waals surface area contributed by atoms with E-state index in [1.807, 2.05) is 25.1 Å². The first kappa shape index (κ1) is 21.5. The van der Waals surface area contributed by atoms with E-state index >= 15 is 0 Å². The molecule has 0 saturated heterocycles. The van der Waals surface area contributed by atoms with Crippen LogP contribution in [0.15, 0.2) is 35.8 Å². The Morgan fingerprint density at radius 1 is 1.21 bits per heavy atom. The van der Waals surface area contributed by atoms with Crippen LogP contribution in [0.25, 0.3) is 0 Å². The van der Waals surface area contributed by atoms with Gasteiger partial charge in [-0.05, 0) is 24.6 Å². The largest absolute Gasteiger partial charge is 0.383 e. The molecule has 0 fully saturated rings. The molecular formula is C19H24N4O4S. The predicted octanol–water partition coefficient (Wildman–Crippen LogP) is 1.97. The number of hydrogen-bond donors (Lipinski definition) is 2. The molecule has 0 aliphatic heterocycles. The first-order chi connectivity index (χ1) is 13.5. The van der Waals surface area contributed by atoms with Gasteiger partial charge in [0.25, 0.3) is 0 Å². The highest BCUT2D eigenvalue weighted by atomic mass is 32.1. The van der Waals surface area contributed by atoms with Gasteiger partial charge in [-0.3, -0.25) is 14.4 Å². The molecule has 0 bridgehead atoms. The minimum Gasteiger partial charge on any atom is -0.383 e. The second kappa shape index (κ2) is 11.2. The van der Waals surface area contributed by atoms with E-state index in [-0.39, 0.29) is 37.1 Å². The molecule has 1 aromatic carbocycles. The van der Waals surface area contributed by atoms with Crippen molar-refractivity contribution in [3.8, 4) is 0 Å². The van der Waals surface area contributed by atoms with E-state index in [1.165, 1.54) is 16.2 Å². The number of methoxy groups -OCH3 is 1. The average molecular weight is 404 g/mol. The molecule has 0 aliphatic rings. The van der Waals surface area contributed by atoms with E-state index in [0.717, 1.165) is 5.56 Å². The van der Waals surface area contributed by atoms with E-state index in [1.54, 1.807) is 24.8 Å². The summed E-state index contributed by atoms with van der Waals surface area (Å²) in [5.74, 6) is -0.891. The summed E-state index contributed by atoms with van der Waals surface area (Å²) >= 11 is 1.31. The number of nitrogens with zero attached hydrogens (tertiary/aromatic N) is 2. The lowest BCUT2D eigenvalue weighted by atomic mass is 10.2. The first-order valence-electron chi connectivity index (χ1n) is 8.81. The van der Waals surface area contributed by atoms with Crippen molar-refractivity contribution in [2.75, 3.05) is 37.0 Å². The molecule has 0 unspecified atom stereocenters. The van der Waals surface area contributed by atoms with Crippen molar-refractivity contribution in [1.82, 2.24) is 10.3 Å². The van der Waals surface area contributed by atoms with Gasteiger partial charge in [0.15, 0.2) is 5.13 Å².